The SMILES string of the molecule is CN(C)c1ccc(Br)cc1NCc1cc(C(=O)O)cs1. The highest BCUT2D eigenvalue weighted by molar-refractivity contribution is 9.10. The minimum Gasteiger partial charge on any atom is -0.478 e. The molecule has 0 amide bonds. The highest BCUT2D eigenvalue weighted by atomic mass is 79.9. The molecule has 0 unspecified atom stereocenters. The van der Waals surface area contributed by atoms with E-state index in [1.807, 2.05) is 37.2 Å². The van der Waals surface area contributed by atoms with Crippen LogP contribution in [-0.2, 0) is 6.54 Å². The topological polar surface area (TPSA) is 52.6 Å². The molecule has 0 fully saturated rings. The van der Waals surface area contributed by atoms with Crippen LogP contribution in [0.1, 0.15) is 15.2 Å². The van der Waals surface area contributed by atoms with Crippen molar-refractivity contribution in [2.75, 3.05) is 24.3 Å². The van der Waals surface area contributed by atoms with Crippen LogP contribution in [0.2, 0.25) is 0 Å². The number of thiophene rings is 1. The number of aromatic carboxylic acids is 1. The number of carboxylic acids is 1. The number of carboxylic acid groups (broad SMARTS) is 1. The van der Waals surface area contributed by atoms with E-state index >= 15 is 0 Å². The van der Waals surface area contributed by atoms with Crippen LogP contribution in [0, 0.1) is 0 Å². The van der Waals surface area contributed by atoms with Gasteiger partial charge >= 0.3 is 5.97 Å². The molecule has 1 aromatic heterocycles. The Morgan fingerprint density at radius 1 is 1.40 bits per heavy atom. The van der Waals surface area contributed by atoms with Crippen molar-refractivity contribution in [3.8, 4) is 0 Å². The van der Waals surface area contributed by atoms with Crippen molar-refractivity contribution in [2.24, 2.45) is 0 Å². The number of carbonyl (C=O) groups is 1. The smallest absolute Gasteiger partial charge is 0.336 e. The van der Waals surface area contributed by atoms with E-state index in [1.165, 1.54) is 11.3 Å². The lowest BCUT2D eigenvalue weighted by atomic mass is 10.2. The molecule has 1 aromatic carbocycles. The maximum absolute atomic E-state index is 10.8. The predicted molar refractivity (Wildman–Crippen MR) is 87.1 cm³/mol. The number of anilines is 2. The van der Waals surface area contributed by atoms with Gasteiger partial charge in [-0.05, 0) is 24.3 Å². The van der Waals surface area contributed by atoms with Crippen molar-refractivity contribution in [1.82, 2.24) is 0 Å². The molecule has 0 saturated heterocycles. The summed E-state index contributed by atoms with van der Waals surface area (Å²) in [6.45, 7) is 0.606. The molecule has 6 heteroatoms. The fourth-order valence-corrected chi connectivity index (χ4v) is 2.97. The Morgan fingerprint density at radius 2 is 2.15 bits per heavy atom. The zero-order chi connectivity index (χ0) is 14.7. The van der Waals surface area contributed by atoms with Crippen LogP contribution in [0.15, 0.2) is 34.1 Å². The van der Waals surface area contributed by atoms with Gasteiger partial charge in [0.25, 0.3) is 0 Å². The summed E-state index contributed by atoms with van der Waals surface area (Å²) in [6.07, 6.45) is 0. The normalized spacial score (nSPS) is 10.3. The maximum Gasteiger partial charge on any atom is 0.336 e. The number of hydrogen-bond donors (Lipinski definition) is 2. The summed E-state index contributed by atoms with van der Waals surface area (Å²) in [5.41, 5.74) is 2.44. The molecule has 0 atom stereocenters. The van der Waals surface area contributed by atoms with E-state index in [2.05, 4.69) is 21.2 Å². The molecule has 2 aromatic rings. The van der Waals surface area contributed by atoms with Crippen molar-refractivity contribution in [1.29, 1.82) is 0 Å². The number of nitrogens with zero attached hydrogens (tertiary/aromatic N) is 1. The van der Waals surface area contributed by atoms with E-state index in [-0.39, 0.29) is 0 Å². The number of benzene rings is 1. The lowest BCUT2D eigenvalue weighted by Gasteiger charge is -2.18. The Morgan fingerprint density at radius 3 is 2.75 bits per heavy atom. The number of nitrogens with one attached hydrogen (secondary N) is 1. The van der Waals surface area contributed by atoms with Gasteiger partial charge in [-0.3, -0.25) is 0 Å². The molecule has 0 radical (unpaired) electrons. The molecule has 0 aliphatic carbocycles. The molecule has 4 nitrogen and oxygen atoms in total. The van der Waals surface area contributed by atoms with Gasteiger partial charge in [-0.25, -0.2) is 4.79 Å². The predicted octanol–water partition coefficient (Wildman–Crippen LogP) is 3.89. The zero-order valence-corrected chi connectivity index (χ0v) is 13.6. The van der Waals surface area contributed by atoms with Crippen molar-refractivity contribution in [2.45, 2.75) is 6.54 Å². The van der Waals surface area contributed by atoms with E-state index < -0.39 is 5.97 Å². The monoisotopic (exact) mass is 354 g/mol. The van der Waals surface area contributed by atoms with Crippen LogP contribution in [0.4, 0.5) is 11.4 Å². The Hall–Kier alpha value is -1.53. The Labute approximate surface area is 130 Å². The summed E-state index contributed by atoms with van der Waals surface area (Å²) in [6, 6.07) is 7.74. The molecular formula is C14H15BrN2O2S. The molecule has 106 valence electrons. The molecule has 1 heterocycles. The molecule has 0 spiro atoms. The van der Waals surface area contributed by atoms with Crippen LogP contribution in [-0.4, -0.2) is 25.2 Å². The fourth-order valence-electron chi connectivity index (χ4n) is 1.81. The van der Waals surface area contributed by atoms with E-state index in [0.29, 0.717) is 12.1 Å². The summed E-state index contributed by atoms with van der Waals surface area (Å²) >= 11 is 4.91. The Balaban J connectivity index is 2.13. The van der Waals surface area contributed by atoms with E-state index in [0.717, 1.165) is 20.7 Å². The van der Waals surface area contributed by atoms with Crippen molar-refractivity contribution in [3.63, 3.8) is 0 Å². The second-order valence-electron chi connectivity index (χ2n) is 4.52. The van der Waals surface area contributed by atoms with E-state index in [9.17, 15) is 4.79 Å². The van der Waals surface area contributed by atoms with Gasteiger partial charge in [0.15, 0.2) is 0 Å². The molecule has 0 aliphatic heterocycles. The molecule has 2 rings (SSSR count). The van der Waals surface area contributed by atoms with Crippen LogP contribution in [0.3, 0.4) is 0 Å². The lowest BCUT2D eigenvalue weighted by Crippen LogP contribution is -2.12. The van der Waals surface area contributed by atoms with Gasteiger partial charge < -0.3 is 15.3 Å². The fraction of sp³-hybridized carbons (Fsp3) is 0.214. The third-order valence-electron chi connectivity index (χ3n) is 2.79. The van der Waals surface area contributed by atoms with Crippen molar-refractivity contribution >= 4 is 44.6 Å². The Kier molecular flexibility index (Phi) is 4.67. The standard InChI is InChI=1S/C14H15BrN2O2S/c1-17(2)13-4-3-10(15)6-12(13)16-7-11-5-9(8-20-11)14(18)19/h3-6,8,16H,7H2,1-2H3,(H,18,19). The van der Waals surface area contributed by atoms with Gasteiger partial charge in [0.05, 0.1) is 16.9 Å². The number of halogens is 1. The van der Waals surface area contributed by atoms with Gasteiger partial charge in [-0.1, -0.05) is 15.9 Å². The summed E-state index contributed by atoms with van der Waals surface area (Å²) in [4.78, 5) is 13.9. The number of rotatable bonds is 5. The van der Waals surface area contributed by atoms with Crippen LogP contribution in [0.5, 0.6) is 0 Å². The summed E-state index contributed by atoms with van der Waals surface area (Å²) in [7, 11) is 3.98. The molecular weight excluding hydrogens is 340 g/mol. The molecule has 0 aliphatic rings. The first-order valence-corrected chi connectivity index (χ1v) is 7.66. The van der Waals surface area contributed by atoms with Gasteiger partial charge in [0.1, 0.15) is 0 Å². The second kappa shape index (κ2) is 6.28. The largest absolute Gasteiger partial charge is 0.478 e. The van der Waals surface area contributed by atoms with Crippen LogP contribution < -0.4 is 10.2 Å². The first-order valence-electron chi connectivity index (χ1n) is 5.99. The minimum absolute atomic E-state index is 0.342. The summed E-state index contributed by atoms with van der Waals surface area (Å²) in [5.74, 6) is -0.885. The highest BCUT2D eigenvalue weighted by Crippen LogP contribution is 2.29. The van der Waals surface area contributed by atoms with Crippen molar-refractivity contribution in [3.05, 3.63) is 44.6 Å². The van der Waals surface area contributed by atoms with Gasteiger partial charge in [-0.2, -0.15) is 0 Å². The minimum atomic E-state index is -0.885. The Bertz CT molecular complexity index is 625. The van der Waals surface area contributed by atoms with Crippen molar-refractivity contribution < 1.29 is 9.90 Å². The quantitative estimate of drug-likeness (QED) is 0.855. The lowest BCUT2D eigenvalue weighted by molar-refractivity contribution is 0.0697. The average molecular weight is 355 g/mol. The first-order chi connectivity index (χ1) is 9.47. The van der Waals surface area contributed by atoms with E-state index in [4.69, 9.17) is 5.11 Å². The van der Waals surface area contributed by atoms with Gasteiger partial charge in [0.2, 0.25) is 0 Å². The average Bonchev–Trinajstić information content (AvgIpc) is 2.85. The molecule has 0 bridgehead atoms. The molecule has 0 saturated carbocycles. The third-order valence-corrected chi connectivity index (χ3v) is 4.22. The number of hydrogen-bond acceptors (Lipinski definition) is 4. The van der Waals surface area contributed by atoms with Gasteiger partial charge in [-0.15, -0.1) is 11.3 Å². The molecule has 2 N–H and O–H groups in total. The second-order valence-corrected chi connectivity index (χ2v) is 6.43. The maximum atomic E-state index is 10.8. The third kappa shape index (κ3) is 3.52. The molecule has 20 heavy (non-hydrogen) atoms. The highest BCUT2D eigenvalue weighted by Gasteiger charge is 2.08. The van der Waals surface area contributed by atoms with Crippen LogP contribution in [0.25, 0.3) is 0 Å². The summed E-state index contributed by atoms with van der Waals surface area (Å²) < 4.78 is 1.00. The van der Waals surface area contributed by atoms with Crippen LogP contribution >= 0.6 is 27.3 Å². The van der Waals surface area contributed by atoms with E-state index in [1.54, 1.807) is 11.4 Å². The first kappa shape index (κ1) is 14.9. The zero-order valence-electron chi connectivity index (χ0n) is 11.2. The van der Waals surface area contributed by atoms with Gasteiger partial charge in [0, 0.05) is 35.4 Å². The summed E-state index contributed by atoms with van der Waals surface area (Å²) in [5, 5.41) is 13.9.